The SMILES string of the molecule is CCCNCC1(CCc2nccn2C)CCCCC1. The highest BCUT2D eigenvalue weighted by molar-refractivity contribution is 4.95. The van der Waals surface area contributed by atoms with Crippen molar-refractivity contribution in [1.82, 2.24) is 14.9 Å². The molecule has 0 aromatic carbocycles. The summed E-state index contributed by atoms with van der Waals surface area (Å²) in [5.74, 6) is 1.24. The molecule has 0 bridgehead atoms. The van der Waals surface area contributed by atoms with Crippen LogP contribution >= 0.6 is 0 Å². The molecule has 1 aliphatic carbocycles. The van der Waals surface area contributed by atoms with Crippen LogP contribution in [0.3, 0.4) is 0 Å². The predicted molar refractivity (Wildman–Crippen MR) is 80.2 cm³/mol. The van der Waals surface area contributed by atoms with Crippen molar-refractivity contribution in [1.29, 1.82) is 0 Å². The fourth-order valence-corrected chi connectivity index (χ4v) is 3.36. The van der Waals surface area contributed by atoms with Crippen LogP contribution in [0.1, 0.15) is 57.7 Å². The minimum atomic E-state index is 0.527. The van der Waals surface area contributed by atoms with Crippen molar-refractivity contribution < 1.29 is 0 Å². The minimum absolute atomic E-state index is 0.527. The summed E-state index contributed by atoms with van der Waals surface area (Å²) in [6.45, 7) is 4.60. The van der Waals surface area contributed by atoms with Crippen LogP contribution in [0.5, 0.6) is 0 Å². The fraction of sp³-hybridized carbons (Fsp3) is 0.812. The van der Waals surface area contributed by atoms with E-state index in [1.54, 1.807) is 0 Å². The van der Waals surface area contributed by atoms with Gasteiger partial charge in [-0.15, -0.1) is 0 Å². The minimum Gasteiger partial charge on any atom is -0.338 e. The van der Waals surface area contributed by atoms with Gasteiger partial charge in [0.25, 0.3) is 0 Å². The van der Waals surface area contributed by atoms with Gasteiger partial charge in [0.1, 0.15) is 5.82 Å². The maximum atomic E-state index is 4.47. The van der Waals surface area contributed by atoms with Crippen molar-refractivity contribution in [3.05, 3.63) is 18.2 Å². The summed E-state index contributed by atoms with van der Waals surface area (Å²) in [5.41, 5.74) is 0.527. The van der Waals surface area contributed by atoms with E-state index in [0.717, 1.165) is 13.0 Å². The molecule has 1 saturated carbocycles. The highest BCUT2D eigenvalue weighted by Crippen LogP contribution is 2.39. The first kappa shape index (κ1) is 14.6. The van der Waals surface area contributed by atoms with Crippen molar-refractivity contribution in [3.63, 3.8) is 0 Å². The van der Waals surface area contributed by atoms with Crippen molar-refractivity contribution in [3.8, 4) is 0 Å². The second-order valence-corrected chi connectivity index (χ2v) is 6.19. The molecule has 108 valence electrons. The van der Waals surface area contributed by atoms with E-state index in [1.165, 1.54) is 57.3 Å². The average molecular weight is 263 g/mol. The Morgan fingerprint density at radius 1 is 1.32 bits per heavy atom. The molecule has 0 saturated heterocycles. The van der Waals surface area contributed by atoms with Gasteiger partial charge in [0.05, 0.1) is 0 Å². The fourth-order valence-electron chi connectivity index (χ4n) is 3.36. The quantitative estimate of drug-likeness (QED) is 0.765. The van der Waals surface area contributed by atoms with Crippen LogP contribution in [-0.2, 0) is 13.5 Å². The molecule has 3 nitrogen and oxygen atoms in total. The van der Waals surface area contributed by atoms with Crippen LogP contribution in [0, 0.1) is 5.41 Å². The second kappa shape index (κ2) is 7.09. The lowest BCUT2D eigenvalue weighted by Gasteiger charge is -2.38. The van der Waals surface area contributed by atoms with Crippen molar-refractivity contribution in [2.24, 2.45) is 12.5 Å². The van der Waals surface area contributed by atoms with Gasteiger partial charge < -0.3 is 9.88 Å². The highest BCUT2D eigenvalue weighted by Gasteiger charge is 2.31. The van der Waals surface area contributed by atoms with Crippen LogP contribution < -0.4 is 5.32 Å². The summed E-state index contributed by atoms with van der Waals surface area (Å²) < 4.78 is 2.16. The van der Waals surface area contributed by atoms with Gasteiger partial charge in [-0.2, -0.15) is 0 Å². The summed E-state index contributed by atoms with van der Waals surface area (Å²) in [6, 6.07) is 0. The molecule has 0 atom stereocenters. The van der Waals surface area contributed by atoms with Gasteiger partial charge in [-0.3, -0.25) is 0 Å². The summed E-state index contributed by atoms with van der Waals surface area (Å²) in [7, 11) is 2.10. The molecule has 1 heterocycles. The van der Waals surface area contributed by atoms with Crippen LogP contribution in [0.25, 0.3) is 0 Å². The number of nitrogens with zero attached hydrogens (tertiary/aromatic N) is 2. The Kier molecular flexibility index (Phi) is 5.44. The van der Waals surface area contributed by atoms with Crippen LogP contribution in [0.15, 0.2) is 12.4 Å². The highest BCUT2D eigenvalue weighted by atomic mass is 15.0. The van der Waals surface area contributed by atoms with Crippen LogP contribution in [0.2, 0.25) is 0 Å². The molecule has 0 radical (unpaired) electrons. The Hall–Kier alpha value is -0.830. The van der Waals surface area contributed by atoms with E-state index in [1.807, 2.05) is 6.20 Å². The van der Waals surface area contributed by atoms with Gasteiger partial charge in [-0.25, -0.2) is 4.98 Å². The summed E-state index contributed by atoms with van der Waals surface area (Å²) in [5, 5.41) is 3.66. The Morgan fingerprint density at radius 3 is 2.74 bits per heavy atom. The zero-order chi connectivity index (χ0) is 13.6. The van der Waals surface area contributed by atoms with Gasteiger partial charge in [0.15, 0.2) is 0 Å². The molecule has 1 N–H and O–H groups in total. The van der Waals surface area contributed by atoms with E-state index in [4.69, 9.17) is 0 Å². The Balaban J connectivity index is 1.91. The number of rotatable bonds is 7. The van der Waals surface area contributed by atoms with Crippen LogP contribution in [-0.4, -0.2) is 22.6 Å². The predicted octanol–water partition coefficient (Wildman–Crippen LogP) is 3.30. The summed E-state index contributed by atoms with van der Waals surface area (Å²) >= 11 is 0. The van der Waals surface area contributed by atoms with Crippen molar-refractivity contribution >= 4 is 0 Å². The van der Waals surface area contributed by atoms with E-state index < -0.39 is 0 Å². The van der Waals surface area contributed by atoms with Crippen LogP contribution in [0.4, 0.5) is 0 Å². The van der Waals surface area contributed by atoms with E-state index in [0.29, 0.717) is 5.41 Å². The number of aryl methyl sites for hydroxylation is 2. The first-order valence-electron chi connectivity index (χ1n) is 7.93. The smallest absolute Gasteiger partial charge is 0.108 e. The largest absolute Gasteiger partial charge is 0.338 e. The molecule has 19 heavy (non-hydrogen) atoms. The lowest BCUT2D eigenvalue weighted by Crippen LogP contribution is -2.37. The van der Waals surface area contributed by atoms with Gasteiger partial charge in [0.2, 0.25) is 0 Å². The Labute approximate surface area is 117 Å². The number of aromatic nitrogens is 2. The first-order valence-corrected chi connectivity index (χ1v) is 7.93. The standard InChI is InChI=1S/C16H29N3/c1-3-11-17-14-16(8-5-4-6-9-16)10-7-15-18-12-13-19(15)2/h12-13,17H,3-11,14H2,1-2H3. The maximum Gasteiger partial charge on any atom is 0.108 e. The molecule has 0 amide bonds. The summed E-state index contributed by atoms with van der Waals surface area (Å²) in [4.78, 5) is 4.47. The molecule has 1 fully saturated rings. The molecule has 2 rings (SSSR count). The zero-order valence-electron chi connectivity index (χ0n) is 12.6. The lowest BCUT2D eigenvalue weighted by molar-refractivity contribution is 0.166. The van der Waals surface area contributed by atoms with Gasteiger partial charge >= 0.3 is 0 Å². The molecule has 3 heteroatoms. The second-order valence-electron chi connectivity index (χ2n) is 6.19. The third kappa shape index (κ3) is 4.07. The van der Waals surface area contributed by atoms with Crippen molar-refractivity contribution in [2.45, 2.75) is 58.3 Å². The number of hydrogen-bond donors (Lipinski definition) is 1. The van der Waals surface area contributed by atoms with E-state index in [-0.39, 0.29) is 0 Å². The van der Waals surface area contributed by atoms with Gasteiger partial charge in [-0.05, 0) is 37.6 Å². The maximum absolute atomic E-state index is 4.47. The topological polar surface area (TPSA) is 29.9 Å². The van der Waals surface area contributed by atoms with Gasteiger partial charge in [-0.1, -0.05) is 26.2 Å². The normalized spacial score (nSPS) is 18.6. The van der Waals surface area contributed by atoms with E-state index >= 15 is 0 Å². The summed E-state index contributed by atoms with van der Waals surface area (Å²) in [6.07, 6.45) is 14.7. The number of hydrogen-bond acceptors (Lipinski definition) is 2. The third-order valence-corrected chi connectivity index (χ3v) is 4.64. The van der Waals surface area contributed by atoms with Gasteiger partial charge in [0, 0.05) is 32.4 Å². The average Bonchev–Trinajstić information content (AvgIpc) is 2.84. The first-order chi connectivity index (χ1) is 9.26. The molecule has 1 aromatic rings. The molecular weight excluding hydrogens is 234 g/mol. The molecule has 1 aromatic heterocycles. The zero-order valence-corrected chi connectivity index (χ0v) is 12.6. The third-order valence-electron chi connectivity index (χ3n) is 4.64. The molecule has 1 aliphatic rings. The number of imidazole rings is 1. The lowest BCUT2D eigenvalue weighted by atomic mass is 9.71. The molecular formula is C16H29N3. The van der Waals surface area contributed by atoms with E-state index in [2.05, 4.69) is 35.0 Å². The monoisotopic (exact) mass is 263 g/mol. The molecule has 0 unspecified atom stereocenters. The Morgan fingerprint density at radius 2 is 2.11 bits per heavy atom. The van der Waals surface area contributed by atoms with Crippen molar-refractivity contribution in [2.75, 3.05) is 13.1 Å². The molecule has 0 spiro atoms. The number of nitrogens with one attached hydrogen (secondary N) is 1. The Bertz CT molecular complexity index is 364. The molecule has 0 aliphatic heterocycles. The van der Waals surface area contributed by atoms with E-state index in [9.17, 15) is 0 Å².